The van der Waals surface area contributed by atoms with Crippen LogP contribution in [0.15, 0.2) is 30.3 Å². The molecule has 108 valence electrons. The van der Waals surface area contributed by atoms with E-state index in [9.17, 15) is 9.59 Å². The van der Waals surface area contributed by atoms with E-state index >= 15 is 0 Å². The smallest absolute Gasteiger partial charge is 0.409 e. The van der Waals surface area contributed by atoms with Gasteiger partial charge in [-0.3, -0.25) is 10.1 Å². The first-order valence-corrected chi connectivity index (χ1v) is 6.41. The zero-order chi connectivity index (χ0) is 14.4. The van der Waals surface area contributed by atoms with Crippen LogP contribution in [0.2, 0.25) is 0 Å². The number of amides is 1. The van der Waals surface area contributed by atoms with Crippen molar-refractivity contribution in [1.29, 1.82) is 0 Å². The highest BCUT2D eigenvalue weighted by Gasteiger charge is 2.32. The largest absolute Gasteiger partial charge is 0.458 e. The number of benzene rings is 1. The van der Waals surface area contributed by atoms with Gasteiger partial charge in [0.25, 0.3) is 0 Å². The van der Waals surface area contributed by atoms with Gasteiger partial charge < -0.3 is 14.2 Å². The topological polar surface area (TPSA) is 73.9 Å². The Bertz CT molecular complexity index is 462. The highest BCUT2D eigenvalue weighted by atomic mass is 16.6. The lowest BCUT2D eigenvalue weighted by atomic mass is 10.2. The maximum atomic E-state index is 11.6. The molecule has 1 fully saturated rings. The summed E-state index contributed by atoms with van der Waals surface area (Å²) in [5, 5.41) is 2.54. The summed E-state index contributed by atoms with van der Waals surface area (Å²) >= 11 is 0. The number of carbonyl (C=O) groups is 2. The maximum absolute atomic E-state index is 11.6. The van der Waals surface area contributed by atoms with Crippen molar-refractivity contribution in [2.24, 2.45) is 0 Å². The van der Waals surface area contributed by atoms with Gasteiger partial charge in [-0.2, -0.15) is 0 Å². The first-order valence-electron chi connectivity index (χ1n) is 6.41. The first-order chi connectivity index (χ1) is 9.65. The zero-order valence-electron chi connectivity index (χ0n) is 11.2. The van der Waals surface area contributed by atoms with Crippen molar-refractivity contribution in [2.45, 2.75) is 32.3 Å². The van der Waals surface area contributed by atoms with E-state index in [1.165, 1.54) is 6.92 Å². The molecule has 0 spiro atoms. The van der Waals surface area contributed by atoms with Gasteiger partial charge >= 0.3 is 12.1 Å². The number of rotatable bonds is 4. The van der Waals surface area contributed by atoms with E-state index in [0.29, 0.717) is 13.0 Å². The molecule has 1 N–H and O–H groups in total. The van der Waals surface area contributed by atoms with Crippen LogP contribution in [0.4, 0.5) is 4.79 Å². The second-order valence-corrected chi connectivity index (χ2v) is 4.43. The molecule has 1 amide bonds. The molecule has 1 aliphatic rings. The molecule has 6 nitrogen and oxygen atoms in total. The molecular formula is C14H17NO5. The second-order valence-electron chi connectivity index (χ2n) is 4.43. The van der Waals surface area contributed by atoms with Gasteiger partial charge in [0, 0.05) is 13.3 Å². The number of nitrogens with one attached hydrogen (secondary N) is 1. The summed E-state index contributed by atoms with van der Waals surface area (Å²) in [5.41, 5.74) is 0.895. The van der Waals surface area contributed by atoms with Crippen LogP contribution < -0.4 is 5.32 Å². The van der Waals surface area contributed by atoms with Crippen molar-refractivity contribution in [3.05, 3.63) is 35.9 Å². The fourth-order valence-corrected chi connectivity index (χ4v) is 1.92. The van der Waals surface area contributed by atoms with Gasteiger partial charge in [0.15, 0.2) is 6.23 Å². The van der Waals surface area contributed by atoms with Crippen LogP contribution in [0.3, 0.4) is 0 Å². The third-order valence-corrected chi connectivity index (χ3v) is 2.83. The molecular weight excluding hydrogens is 262 g/mol. The van der Waals surface area contributed by atoms with Crippen molar-refractivity contribution in [1.82, 2.24) is 5.32 Å². The Morgan fingerprint density at radius 2 is 2.10 bits per heavy atom. The number of hydrogen-bond acceptors (Lipinski definition) is 5. The summed E-state index contributed by atoms with van der Waals surface area (Å²) in [6, 6.07) is 9.35. The van der Waals surface area contributed by atoms with Crippen LogP contribution in [0.25, 0.3) is 0 Å². The summed E-state index contributed by atoms with van der Waals surface area (Å²) in [6.45, 7) is 1.93. The summed E-state index contributed by atoms with van der Waals surface area (Å²) in [6.07, 6.45) is -1.15. The molecule has 1 aliphatic heterocycles. The number of hydrogen-bond donors (Lipinski definition) is 1. The predicted octanol–water partition coefficient (Wildman–Crippen LogP) is 1.59. The van der Waals surface area contributed by atoms with Gasteiger partial charge in [0.2, 0.25) is 0 Å². The fourth-order valence-electron chi connectivity index (χ4n) is 1.92. The lowest BCUT2D eigenvalue weighted by molar-refractivity contribution is -0.149. The van der Waals surface area contributed by atoms with E-state index in [1.54, 1.807) is 0 Å². The number of carbonyl (C=O) groups excluding carboxylic acids is 2. The minimum absolute atomic E-state index is 0.178. The zero-order valence-corrected chi connectivity index (χ0v) is 11.2. The maximum Gasteiger partial charge on any atom is 0.409 e. The number of esters is 1. The van der Waals surface area contributed by atoms with Gasteiger partial charge in [0.05, 0.1) is 6.61 Å². The molecule has 0 saturated carbocycles. The van der Waals surface area contributed by atoms with Crippen molar-refractivity contribution in [2.75, 3.05) is 6.61 Å². The van der Waals surface area contributed by atoms with Crippen molar-refractivity contribution >= 4 is 12.1 Å². The molecule has 0 radical (unpaired) electrons. The van der Waals surface area contributed by atoms with Crippen LogP contribution >= 0.6 is 0 Å². The monoisotopic (exact) mass is 279 g/mol. The highest BCUT2D eigenvalue weighted by molar-refractivity contribution is 5.68. The van der Waals surface area contributed by atoms with Crippen LogP contribution in [0.1, 0.15) is 18.9 Å². The Balaban J connectivity index is 1.77. The van der Waals surface area contributed by atoms with E-state index < -0.39 is 24.4 Å². The second kappa shape index (κ2) is 6.91. The van der Waals surface area contributed by atoms with Crippen LogP contribution in [0, 0.1) is 0 Å². The number of alkyl carbamates (subject to hydrolysis) is 1. The Morgan fingerprint density at radius 1 is 1.35 bits per heavy atom. The summed E-state index contributed by atoms with van der Waals surface area (Å²) in [7, 11) is 0. The third-order valence-electron chi connectivity index (χ3n) is 2.83. The van der Waals surface area contributed by atoms with Crippen molar-refractivity contribution in [3.8, 4) is 0 Å². The standard InChI is InChI=1S/C14H17NO5/c1-10(16)20-12-7-8-18-13(12)15-14(17)19-9-11-5-3-2-4-6-11/h2-6,12-13H,7-9H2,1H3,(H,15,17). The van der Waals surface area contributed by atoms with E-state index in [0.717, 1.165) is 5.56 Å². The molecule has 20 heavy (non-hydrogen) atoms. The number of ether oxygens (including phenoxy) is 3. The molecule has 6 heteroatoms. The lowest BCUT2D eigenvalue weighted by Gasteiger charge is -2.19. The normalized spacial score (nSPS) is 21.2. The molecule has 1 aromatic rings. The fraction of sp³-hybridized carbons (Fsp3) is 0.429. The molecule has 0 bridgehead atoms. The summed E-state index contributed by atoms with van der Waals surface area (Å²) in [4.78, 5) is 22.6. The van der Waals surface area contributed by atoms with Crippen LogP contribution in [0.5, 0.6) is 0 Å². The molecule has 1 aromatic carbocycles. The van der Waals surface area contributed by atoms with E-state index in [1.807, 2.05) is 30.3 Å². The van der Waals surface area contributed by atoms with Gasteiger partial charge in [-0.25, -0.2) is 4.79 Å². The minimum atomic E-state index is -0.651. The molecule has 0 aliphatic carbocycles. The predicted molar refractivity (Wildman–Crippen MR) is 69.7 cm³/mol. The molecule has 2 unspecified atom stereocenters. The van der Waals surface area contributed by atoms with Gasteiger partial charge in [-0.1, -0.05) is 30.3 Å². The van der Waals surface area contributed by atoms with Crippen LogP contribution in [-0.2, 0) is 25.6 Å². The van der Waals surface area contributed by atoms with Gasteiger partial charge in [-0.15, -0.1) is 0 Å². The van der Waals surface area contributed by atoms with Crippen molar-refractivity contribution < 1.29 is 23.8 Å². The lowest BCUT2D eigenvalue weighted by Crippen LogP contribution is -2.42. The van der Waals surface area contributed by atoms with E-state index in [-0.39, 0.29) is 6.61 Å². The SMILES string of the molecule is CC(=O)OC1CCOC1NC(=O)OCc1ccccc1. The third kappa shape index (κ3) is 4.24. The Hall–Kier alpha value is -2.08. The minimum Gasteiger partial charge on any atom is -0.458 e. The highest BCUT2D eigenvalue weighted by Crippen LogP contribution is 2.15. The first kappa shape index (κ1) is 14.3. The average molecular weight is 279 g/mol. The Kier molecular flexibility index (Phi) is 4.95. The Morgan fingerprint density at radius 3 is 2.80 bits per heavy atom. The summed E-state index contributed by atoms with van der Waals surface area (Å²) < 4.78 is 15.4. The van der Waals surface area contributed by atoms with E-state index in [4.69, 9.17) is 14.2 Å². The van der Waals surface area contributed by atoms with Crippen molar-refractivity contribution in [3.63, 3.8) is 0 Å². The van der Waals surface area contributed by atoms with Crippen LogP contribution in [-0.4, -0.2) is 31.0 Å². The quantitative estimate of drug-likeness (QED) is 0.847. The molecule has 1 saturated heterocycles. The summed E-state index contributed by atoms with van der Waals surface area (Å²) in [5.74, 6) is -0.398. The molecule has 1 heterocycles. The molecule has 2 atom stereocenters. The molecule has 0 aromatic heterocycles. The molecule has 2 rings (SSSR count). The van der Waals surface area contributed by atoms with Gasteiger partial charge in [0.1, 0.15) is 12.7 Å². The average Bonchev–Trinajstić information content (AvgIpc) is 2.84. The van der Waals surface area contributed by atoms with E-state index in [2.05, 4.69) is 5.32 Å². The Labute approximate surface area is 117 Å². The van der Waals surface area contributed by atoms with Gasteiger partial charge in [-0.05, 0) is 5.56 Å².